The molecule has 1 saturated heterocycles. The van der Waals surface area contributed by atoms with Crippen LogP contribution in [0.2, 0.25) is 0 Å². The minimum atomic E-state index is -3.01. The van der Waals surface area contributed by atoms with Gasteiger partial charge in [0, 0.05) is 18.2 Å². The van der Waals surface area contributed by atoms with Gasteiger partial charge >= 0.3 is 0 Å². The maximum atomic E-state index is 12.7. The zero-order valence-electron chi connectivity index (χ0n) is 13.1. The zero-order valence-corrected chi connectivity index (χ0v) is 13.9. The number of rotatable bonds is 6. The predicted octanol–water partition coefficient (Wildman–Crippen LogP) is 2.12. The van der Waals surface area contributed by atoms with E-state index in [0.717, 1.165) is 12.8 Å². The smallest absolute Gasteiger partial charge is 0.254 e. The molecule has 0 N–H and O–H groups in total. The Kier molecular flexibility index (Phi) is 5.45. The molecule has 122 valence electrons. The Morgan fingerprint density at radius 1 is 1.32 bits per heavy atom. The van der Waals surface area contributed by atoms with Gasteiger partial charge in [0.1, 0.15) is 5.75 Å². The summed E-state index contributed by atoms with van der Waals surface area (Å²) in [5.74, 6) is 0.854. The van der Waals surface area contributed by atoms with E-state index in [-0.39, 0.29) is 23.5 Å². The van der Waals surface area contributed by atoms with Gasteiger partial charge in [-0.3, -0.25) is 4.79 Å². The molecule has 0 saturated carbocycles. The van der Waals surface area contributed by atoms with Crippen LogP contribution < -0.4 is 4.74 Å². The number of nitrogens with zero attached hydrogens (tertiary/aromatic N) is 1. The largest absolute Gasteiger partial charge is 0.497 e. The molecule has 2 rings (SSSR count). The third-order valence-electron chi connectivity index (χ3n) is 4.00. The highest BCUT2D eigenvalue weighted by atomic mass is 32.2. The number of sulfone groups is 1. The Morgan fingerprint density at radius 2 is 2.00 bits per heavy atom. The van der Waals surface area contributed by atoms with E-state index in [1.807, 2.05) is 0 Å². The molecule has 1 amide bonds. The normalized spacial score (nSPS) is 19.8. The Morgan fingerprint density at radius 3 is 2.50 bits per heavy atom. The van der Waals surface area contributed by atoms with Crippen molar-refractivity contribution in [2.45, 2.75) is 32.2 Å². The molecule has 0 radical (unpaired) electrons. The summed E-state index contributed by atoms with van der Waals surface area (Å²) >= 11 is 0. The van der Waals surface area contributed by atoms with Crippen LogP contribution in [-0.4, -0.2) is 50.4 Å². The van der Waals surface area contributed by atoms with E-state index in [0.29, 0.717) is 24.3 Å². The van der Waals surface area contributed by atoms with E-state index < -0.39 is 9.84 Å². The van der Waals surface area contributed by atoms with Crippen LogP contribution in [0.15, 0.2) is 24.3 Å². The number of hydrogen-bond donors (Lipinski definition) is 0. The molecule has 1 atom stereocenters. The van der Waals surface area contributed by atoms with Crippen LogP contribution in [0, 0.1) is 0 Å². The molecular weight excluding hydrogens is 302 g/mol. The first-order valence-electron chi connectivity index (χ1n) is 7.62. The third kappa shape index (κ3) is 4.00. The van der Waals surface area contributed by atoms with Crippen molar-refractivity contribution < 1.29 is 17.9 Å². The van der Waals surface area contributed by atoms with Crippen LogP contribution in [0.4, 0.5) is 0 Å². The maximum absolute atomic E-state index is 12.7. The topological polar surface area (TPSA) is 63.7 Å². The van der Waals surface area contributed by atoms with Crippen LogP contribution in [0.25, 0.3) is 0 Å². The summed E-state index contributed by atoms with van der Waals surface area (Å²) in [6.07, 6.45) is 2.37. The minimum Gasteiger partial charge on any atom is -0.497 e. The Balaban J connectivity index is 2.18. The molecule has 0 spiro atoms. The van der Waals surface area contributed by atoms with Crippen LogP contribution >= 0.6 is 0 Å². The molecule has 1 fully saturated rings. The number of benzene rings is 1. The molecule has 1 aliphatic rings. The van der Waals surface area contributed by atoms with Gasteiger partial charge in [0.25, 0.3) is 5.91 Å². The number of hydrogen-bond acceptors (Lipinski definition) is 4. The molecule has 1 aromatic rings. The molecular formula is C16H23NO4S. The molecule has 22 heavy (non-hydrogen) atoms. The lowest BCUT2D eigenvalue weighted by Gasteiger charge is -2.28. The summed E-state index contributed by atoms with van der Waals surface area (Å²) in [5, 5.41) is 0. The molecule has 1 heterocycles. The lowest BCUT2D eigenvalue weighted by molar-refractivity contribution is 0.0694. The molecule has 6 heteroatoms. The van der Waals surface area contributed by atoms with Crippen molar-refractivity contribution in [3.63, 3.8) is 0 Å². The Bertz CT molecular complexity index is 610. The van der Waals surface area contributed by atoms with Gasteiger partial charge in [-0.15, -0.1) is 0 Å². The van der Waals surface area contributed by atoms with Gasteiger partial charge in [0.2, 0.25) is 0 Å². The van der Waals surface area contributed by atoms with Crippen LogP contribution in [0.5, 0.6) is 5.75 Å². The second-order valence-electron chi connectivity index (χ2n) is 5.64. The van der Waals surface area contributed by atoms with Gasteiger partial charge in [-0.2, -0.15) is 0 Å². The SMILES string of the molecule is CCCCN(C(=O)c1ccc(OC)cc1)C1CCS(=O)(=O)C1. The minimum absolute atomic E-state index is 0.0820. The second kappa shape index (κ2) is 7.13. The lowest BCUT2D eigenvalue weighted by Crippen LogP contribution is -2.41. The fraction of sp³-hybridized carbons (Fsp3) is 0.562. The fourth-order valence-corrected chi connectivity index (χ4v) is 4.43. The van der Waals surface area contributed by atoms with Crippen molar-refractivity contribution in [3.8, 4) is 5.75 Å². The molecule has 0 bridgehead atoms. The first-order chi connectivity index (χ1) is 10.5. The second-order valence-corrected chi connectivity index (χ2v) is 7.87. The van der Waals surface area contributed by atoms with Crippen LogP contribution in [-0.2, 0) is 9.84 Å². The molecule has 1 aliphatic heterocycles. The monoisotopic (exact) mass is 325 g/mol. The highest BCUT2D eigenvalue weighted by molar-refractivity contribution is 7.91. The van der Waals surface area contributed by atoms with Crippen LogP contribution in [0.3, 0.4) is 0 Å². The summed E-state index contributed by atoms with van der Waals surface area (Å²) in [6.45, 7) is 2.66. The van der Waals surface area contributed by atoms with E-state index in [1.165, 1.54) is 0 Å². The van der Waals surface area contributed by atoms with Crippen molar-refractivity contribution in [2.24, 2.45) is 0 Å². The molecule has 0 aliphatic carbocycles. The number of ether oxygens (including phenoxy) is 1. The number of carbonyl (C=O) groups excluding carboxylic acids is 1. The molecule has 1 unspecified atom stereocenters. The maximum Gasteiger partial charge on any atom is 0.254 e. The Hall–Kier alpha value is -1.56. The van der Waals surface area contributed by atoms with Gasteiger partial charge in [0.15, 0.2) is 9.84 Å². The summed E-state index contributed by atoms with van der Waals surface area (Å²) in [4.78, 5) is 14.5. The third-order valence-corrected chi connectivity index (χ3v) is 5.75. The van der Waals surface area contributed by atoms with Gasteiger partial charge in [-0.25, -0.2) is 8.42 Å². The summed E-state index contributed by atoms with van der Waals surface area (Å²) < 4.78 is 28.5. The van der Waals surface area contributed by atoms with E-state index in [1.54, 1.807) is 36.3 Å². The predicted molar refractivity (Wildman–Crippen MR) is 86.0 cm³/mol. The van der Waals surface area contributed by atoms with Crippen molar-refractivity contribution in [2.75, 3.05) is 25.2 Å². The highest BCUT2D eigenvalue weighted by Crippen LogP contribution is 2.21. The quantitative estimate of drug-likeness (QED) is 0.804. The summed E-state index contributed by atoms with van der Waals surface area (Å²) in [5.41, 5.74) is 0.571. The van der Waals surface area contributed by atoms with E-state index >= 15 is 0 Å². The van der Waals surface area contributed by atoms with Gasteiger partial charge < -0.3 is 9.64 Å². The van der Waals surface area contributed by atoms with Crippen molar-refractivity contribution >= 4 is 15.7 Å². The van der Waals surface area contributed by atoms with Crippen LogP contribution in [0.1, 0.15) is 36.5 Å². The zero-order chi connectivity index (χ0) is 16.2. The number of methoxy groups -OCH3 is 1. The van der Waals surface area contributed by atoms with Crippen molar-refractivity contribution in [1.82, 2.24) is 4.90 Å². The number of carbonyl (C=O) groups is 1. The molecule has 5 nitrogen and oxygen atoms in total. The highest BCUT2D eigenvalue weighted by Gasteiger charge is 2.34. The number of amides is 1. The van der Waals surface area contributed by atoms with E-state index in [4.69, 9.17) is 4.74 Å². The van der Waals surface area contributed by atoms with Crippen molar-refractivity contribution in [1.29, 1.82) is 0 Å². The first kappa shape index (κ1) is 16.8. The molecule has 1 aromatic carbocycles. The Labute approximate surface area is 132 Å². The average molecular weight is 325 g/mol. The van der Waals surface area contributed by atoms with Crippen molar-refractivity contribution in [3.05, 3.63) is 29.8 Å². The fourth-order valence-electron chi connectivity index (χ4n) is 2.70. The van der Waals surface area contributed by atoms with Gasteiger partial charge in [-0.05, 0) is 37.1 Å². The summed E-state index contributed by atoms with van der Waals surface area (Å²) in [7, 11) is -1.43. The van der Waals surface area contributed by atoms with Gasteiger partial charge in [0.05, 0.1) is 18.6 Å². The standard InChI is InChI=1S/C16H23NO4S/c1-3-4-10-17(14-9-11-22(19,20)12-14)16(18)13-5-7-15(21-2)8-6-13/h5-8,14H,3-4,9-12H2,1-2H3. The van der Waals surface area contributed by atoms with Gasteiger partial charge in [-0.1, -0.05) is 13.3 Å². The first-order valence-corrected chi connectivity index (χ1v) is 9.44. The average Bonchev–Trinajstić information content (AvgIpc) is 2.87. The molecule has 0 aromatic heterocycles. The van der Waals surface area contributed by atoms with E-state index in [2.05, 4.69) is 6.92 Å². The summed E-state index contributed by atoms with van der Waals surface area (Å²) in [6, 6.07) is 6.74. The van der Waals surface area contributed by atoms with E-state index in [9.17, 15) is 13.2 Å². The number of unbranched alkanes of at least 4 members (excludes halogenated alkanes) is 1. The lowest BCUT2D eigenvalue weighted by atomic mass is 10.1.